The molecule has 0 spiro atoms. The summed E-state index contributed by atoms with van der Waals surface area (Å²) in [5.74, 6) is -2.36. The van der Waals surface area contributed by atoms with Gasteiger partial charge in [-0.05, 0) is 13.8 Å². The van der Waals surface area contributed by atoms with Gasteiger partial charge >= 0.3 is 0 Å². The molecule has 0 bridgehead atoms. The lowest BCUT2D eigenvalue weighted by Gasteiger charge is -2.49. The van der Waals surface area contributed by atoms with Gasteiger partial charge in [0.25, 0.3) is 0 Å². The fourth-order valence-corrected chi connectivity index (χ4v) is 2.04. The molecule has 118 valence electrons. The fraction of sp³-hybridized carbons (Fsp3) is 0.929. The molecule has 1 rings (SSSR count). The van der Waals surface area contributed by atoms with Crippen LogP contribution in [0.15, 0.2) is 0 Å². The lowest BCUT2D eigenvalue weighted by atomic mass is 9.98. The zero-order valence-corrected chi connectivity index (χ0v) is 13.1. The average Bonchev–Trinajstić information content (AvgIpc) is 2.41. The predicted octanol–water partition coefficient (Wildman–Crippen LogP) is 1.10. The van der Waals surface area contributed by atoms with Crippen molar-refractivity contribution in [2.24, 2.45) is 5.92 Å². The highest BCUT2D eigenvalue weighted by atomic mass is 16.8. The van der Waals surface area contributed by atoms with Gasteiger partial charge in [-0.15, -0.1) is 0 Å². The number of aliphatic hydroxyl groups excluding tert-OH is 1. The van der Waals surface area contributed by atoms with Gasteiger partial charge in [-0.3, -0.25) is 4.79 Å². The van der Waals surface area contributed by atoms with Crippen LogP contribution in [-0.4, -0.2) is 55.5 Å². The Labute approximate surface area is 120 Å². The summed E-state index contributed by atoms with van der Waals surface area (Å²) >= 11 is 0. The van der Waals surface area contributed by atoms with Crippen LogP contribution in [0.4, 0.5) is 0 Å². The zero-order chi connectivity index (χ0) is 15.6. The number of rotatable bonds is 6. The highest BCUT2D eigenvalue weighted by molar-refractivity contribution is 5.80. The molecule has 4 atom stereocenters. The molecular formula is C14H26O6. The lowest BCUT2D eigenvalue weighted by molar-refractivity contribution is -0.436. The van der Waals surface area contributed by atoms with Crippen LogP contribution < -0.4 is 0 Å². The first-order valence-electron chi connectivity index (χ1n) is 6.82. The lowest BCUT2D eigenvalue weighted by Crippen LogP contribution is -2.64. The van der Waals surface area contributed by atoms with Crippen LogP contribution in [-0.2, 0) is 23.7 Å². The fourth-order valence-electron chi connectivity index (χ4n) is 2.04. The van der Waals surface area contributed by atoms with Crippen molar-refractivity contribution in [3.8, 4) is 0 Å². The van der Waals surface area contributed by atoms with E-state index in [1.807, 2.05) is 0 Å². The van der Waals surface area contributed by atoms with Crippen molar-refractivity contribution < 1.29 is 28.8 Å². The first-order chi connectivity index (χ1) is 9.19. The molecule has 6 nitrogen and oxygen atoms in total. The maximum Gasteiger partial charge on any atom is 0.220 e. The number of aliphatic hydroxyl groups is 1. The summed E-state index contributed by atoms with van der Waals surface area (Å²) < 4.78 is 22.1. The van der Waals surface area contributed by atoms with Crippen LogP contribution in [0.1, 0.15) is 34.1 Å². The number of hydrogen-bond acceptors (Lipinski definition) is 6. The Morgan fingerprint density at radius 3 is 2.30 bits per heavy atom. The van der Waals surface area contributed by atoms with E-state index in [1.54, 1.807) is 27.7 Å². The van der Waals surface area contributed by atoms with E-state index in [0.29, 0.717) is 0 Å². The van der Waals surface area contributed by atoms with Gasteiger partial charge in [0.15, 0.2) is 0 Å². The van der Waals surface area contributed by atoms with Crippen molar-refractivity contribution in [1.82, 2.24) is 0 Å². The topological polar surface area (TPSA) is 74.2 Å². The van der Waals surface area contributed by atoms with E-state index in [9.17, 15) is 9.90 Å². The molecule has 1 saturated heterocycles. The van der Waals surface area contributed by atoms with Gasteiger partial charge in [0, 0.05) is 26.6 Å². The minimum absolute atomic E-state index is 0.0136. The number of methoxy groups -OCH3 is 2. The Morgan fingerprint density at radius 1 is 1.30 bits per heavy atom. The molecule has 0 aliphatic carbocycles. The molecule has 1 aliphatic heterocycles. The van der Waals surface area contributed by atoms with Gasteiger partial charge in [-0.25, -0.2) is 0 Å². The SMILES string of the molecule is CO[C@]1(C)OC[C@@H]([C@H](O)CC(=O)C(C)C)O[C@@]1(C)OC. The van der Waals surface area contributed by atoms with Crippen LogP contribution >= 0.6 is 0 Å². The number of hydrogen-bond donors (Lipinski definition) is 1. The molecular weight excluding hydrogens is 264 g/mol. The maximum absolute atomic E-state index is 11.7. The maximum atomic E-state index is 11.7. The molecule has 1 heterocycles. The largest absolute Gasteiger partial charge is 0.390 e. The van der Waals surface area contributed by atoms with Gasteiger partial charge in [-0.1, -0.05) is 13.8 Å². The van der Waals surface area contributed by atoms with E-state index in [0.717, 1.165) is 0 Å². The number of ether oxygens (including phenoxy) is 4. The van der Waals surface area contributed by atoms with Crippen LogP contribution in [0.3, 0.4) is 0 Å². The third-order valence-electron chi connectivity index (χ3n) is 3.99. The summed E-state index contributed by atoms with van der Waals surface area (Å²) in [4.78, 5) is 11.7. The van der Waals surface area contributed by atoms with Crippen LogP contribution in [0, 0.1) is 5.92 Å². The highest BCUT2D eigenvalue weighted by Crippen LogP contribution is 2.37. The van der Waals surface area contributed by atoms with E-state index >= 15 is 0 Å². The molecule has 0 aromatic carbocycles. The number of Topliss-reactive ketones (excluding diaryl/α,β-unsaturated/α-hetero) is 1. The van der Waals surface area contributed by atoms with Gasteiger partial charge < -0.3 is 24.1 Å². The van der Waals surface area contributed by atoms with Gasteiger partial charge in [-0.2, -0.15) is 0 Å². The zero-order valence-electron chi connectivity index (χ0n) is 13.1. The predicted molar refractivity (Wildman–Crippen MR) is 72.1 cm³/mol. The molecule has 1 fully saturated rings. The highest BCUT2D eigenvalue weighted by Gasteiger charge is 2.54. The summed E-state index contributed by atoms with van der Waals surface area (Å²) in [6, 6.07) is 0. The van der Waals surface area contributed by atoms with E-state index < -0.39 is 23.8 Å². The molecule has 0 aromatic heterocycles. The van der Waals surface area contributed by atoms with Crippen molar-refractivity contribution in [3.05, 3.63) is 0 Å². The molecule has 1 N–H and O–H groups in total. The number of carbonyl (C=O) groups is 1. The van der Waals surface area contributed by atoms with Crippen LogP contribution in [0.25, 0.3) is 0 Å². The van der Waals surface area contributed by atoms with Crippen molar-refractivity contribution in [2.75, 3.05) is 20.8 Å². The Hall–Kier alpha value is -0.530. The molecule has 0 saturated carbocycles. The quantitative estimate of drug-likeness (QED) is 0.789. The van der Waals surface area contributed by atoms with Crippen molar-refractivity contribution in [1.29, 1.82) is 0 Å². The molecule has 1 aliphatic rings. The van der Waals surface area contributed by atoms with E-state index in [2.05, 4.69) is 0 Å². The summed E-state index contributed by atoms with van der Waals surface area (Å²) in [6.07, 6.45) is -1.53. The van der Waals surface area contributed by atoms with Gasteiger partial charge in [0.05, 0.1) is 12.7 Å². The third kappa shape index (κ3) is 3.38. The average molecular weight is 290 g/mol. The smallest absolute Gasteiger partial charge is 0.220 e. The minimum atomic E-state index is -1.16. The Kier molecular flexibility index (Phi) is 5.69. The summed E-state index contributed by atoms with van der Waals surface area (Å²) in [5, 5.41) is 10.1. The Morgan fingerprint density at radius 2 is 1.85 bits per heavy atom. The number of carbonyl (C=O) groups excluding carboxylic acids is 1. The standard InChI is InChI=1S/C14H26O6/c1-9(2)10(15)7-11(16)12-8-19-13(3,17-5)14(4,18-6)20-12/h9,11-12,16H,7-8H2,1-6H3/t11-,12+,13-,14-/m1/s1. The normalized spacial score (nSPS) is 36.1. The number of ketones is 1. The summed E-state index contributed by atoms with van der Waals surface area (Å²) in [6.45, 7) is 7.12. The molecule has 0 radical (unpaired) electrons. The molecule has 0 aromatic rings. The summed E-state index contributed by atoms with van der Waals surface area (Å²) in [5.41, 5.74) is 0. The van der Waals surface area contributed by atoms with E-state index in [-0.39, 0.29) is 24.7 Å². The Bertz CT molecular complexity index is 345. The minimum Gasteiger partial charge on any atom is -0.390 e. The van der Waals surface area contributed by atoms with Crippen molar-refractivity contribution in [3.63, 3.8) is 0 Å². The second-order valence-corrected chi connectivity index (χ2v) is 5.66. The molecule has 0 unspecified atom stereocenters. The summed E-state index contributed by atoms with van der Waals surface area (Å²) in [7, 11) is 2.98. The third-order valence-corrected chi connectivity index (χ3v) is 3.99. The molecule has 6 heteroatoms. The van der Waals surface area contributed by atoms with Crippen molar-refractivity contribution in [2.45, 2.75) is 57.9 Å². The second kappa shape index (κ2) is 6.49. The van der Waals surface area contributed by atoms with Gasteiger partial charge in [0.1, 0.15) is 11.9 Å². The first kappa shape index (κ1) is 17.5. The van der Waals surface area contributed by atoms with Crippen molar-refractivity contribution >= 4 is 5.78 Å². The van der Waals surface area contributed by atoms with Crippen LogP contribution in [0.2, 0.25) is 0 Å². The molecule has 20 heavy (non-hydrogen) atoms. The first-order valence-corrected chi connectivity index (χ1v) is 6.82. The second-order valence-electron chi connectivity index (χ2n) is 5.66. The van der Waals surface area contributed by atoms with Gasteiger partial charge in [0.2, 0.25) is 11.6 Å². The molecule has 0 amide bonds. The van der Waals surface area contributed by atoms with Crippen LogP contribution in [0.5, 0.6) is 0 Å². The van der Waals surface area contributed by atoms with E-state index in [4.69, 9.17) is 18.9 Å². The van der Waals surface area contributed by atoms with E-state index in [1.165, 1.54) is 14.2 Å². The Balaban J connectivity index is 2.75. The monoisotopic (exact) mass is 290 g/mol.